The summed E-state index contributed by atoms with van der Waals surface area (Å²) in [6.45, 7) is 14.5. The van der Waals surface area contributed by atoms with Gasteiger partial charge >= 0.3 is 0 Å². The summed E-state index contributed by atoms with van der Waals surface area (Å²) >= 11 is 0. The molecule has 0 aliphatic rings. The summed E-state index contributed by atoms with van der Waals surface area (Å²) in [5.41, 5.74) is 1.22. The molecule has 3 nitrogen and oxygen atoms in total. The minimum Gasteiger partial charge on any atom is -0.349 e. The summed E-state index contributed by atoms with van der Waals surface area (Å²) < 4.78 is 0. The Morgan fingerprint density at radius 2 is 2.05 bits per heavy atom. The van der Waals surface area contributed by atoms with Crippen LogP contribution in [0.4, 0.5) is 5.82 Å². The van der Waals surface area contributed by atoms with Crippen LogP contribution in [0, 0.1) is 0 Å². The molecule has 1 heterocycles. The second kappa shape index (κ2) is 8.48. The molecule has 0 aliphatic heterocycles. The molecule has 0 radical (unpaired) electrons. The predicted molar refractivity (Wildman–Crippen MR) is 83.6 cm³/mol. The molecule has 1 N–H and O–H groups in total. The molecule has 1 atom stereocenters. The molecule has 1 aromatic heterocycles. The summed E-state index contributed by atoms with van der Waals surface area (Å²) in [6.07, 6.45) is 6.76. The van der Waals surface area contributed by atoms with Crippen molar-refractivity contribution in [2.24, 2.45) is 0 Å². The number of hydrogen-bond donors (Lipinski definition) is 1. The highest BCUT2D eigenvalue weighted by molar-refractivity contribution is 5.49. The highest BCUT2D eigenvalue weighted by Gasteiger charge is 2.14. The Morgan fingerprint density at radius 3 is 2.63 bits per heavy atom. The van der Waals surface area contributed by atoms with Gasteiger partial charge in [-0.15, -0.1) is 13.2 Å². The van der Waals surface area contributed by atoms with Gasteiger partial charge in [-0.3, -0.25) is 0 Å². The molecule has 0 fully saturated rings. The van der Waals surface area contributed by atoms with Crippen molar-refractivity contribution in [2.75, 3.05) is 24.5 Å². The summed E-state index contributed by atoms with van der Waals surface area (Å²) in [5.74, 6) is 1.01. The van der Waals surface area contributed by atoms with Crippen molar-refractivity contribution in [2.45, 2.75) is 26.3 Å². The maximum atomic E-state index is 4.54. The van der Waals surface area contributed by atoms with Gasteiger partial charge in [-0.2, -0.15) is 0 Å². The van der Waals surface area contributed by atoms with Gasteiger partial charge in [-0.05, 0) is 26.0 Å². The number of anilines is 1. The van der Waals surface area contributed by atoms with Gasteiger partial charge in [0.2, 0.25) is 0 Å². The number of nitrogens with zero attached hydrogens (tertiary/aromatic N) is 2. The third-order valence-corrected chi connectivity index (χ3v) is 2.98. The van der Waals surface area contributed by atoms with E-state index in [4.69, 9.17) is 0 Å². The quantitative estimate of drug-likeness (QED) is 0.690. The third-order valence-electron chi connectivity index (χ3n) is 2.98. The largest absolute Gasteiger partial charge is 0.349 e. The fourth-order valence-corrected chi connectivity index (χ4v) is 2.04. The molecule has 0 spiro atoms. The average molecular weight is 259 g/mol. The first-order chi connectivity index (χ1) is 9.24. The van der Waals surface area contributed by atoms with Crippen LogP contribution in [0.1, 0.15) is 31.9 Å². The summed E-state index contributed by atoms with van der Waals surface area (Å²) in [7, 11) is 0. The van der Waals surface area contributed by atoms with Crippen molar-refractivity contribution in [3.8, 4) is 0 Å². The molecular weight excluding hydrogens is 234 g/mol. The maximum Gasteiger partial charge on any atom is 0.133 e. The average Bonchev–Trinajstić information content (AvgIpc) is 2.44. The van der Waals surface area contributed by atoms with E-state index in [1.165, 1.54) is 5.56 Å². The van der Waals surface area contributed by atoms with Crippen LogP contribution in [0.25, 0.3) is 0 Å². The van der Waals surface area contributed by atoms with Gasteiger partial charge in [0, 0.05) is 30.9 Å². The van der Waals surface area contributed by atoms with E-state index < -0.39 is 0 Å². The number of hydrogen-bond acceptors (Lipinski definition) is 3. The van der Waals surface area contributed by atoms with Crippen LogP contribution >= 0.6 is 0 Å². The van der Waals surface area contributed by atoms with Crippen molar-refractivity contribution in [1.29, 1.82) is 0 Å². The Morgan fingerprint density at radius 1 is 1.37 bits per heavy atom. The zero-order valence-corrected chi connectivity index (χ0v) is 12.1. The molecule has 1 aromatic rings. The summed E-state index contributed by atoms with van der Waals surface area (Å²) in [4.78, 5) is 6.72. The fourth-order valence-electron chi connectivity index (χ4n) is 2.04. The standard InChI is InChI=1S/C16H25N3/c1-5-10-17-14(4)15-9-8-11-18-16(15)19(12-6-2)13-7-3/h6-9,11,14,17H,2-3,5,10,12-13H2,1,4H3. The van der Waals surface area contributed by atoms with Crippen molar-refractivity contribution in [1.82, 2.24) is 10.3 Å². The molecule has 19 heavy (non-hydrogen) atoms. The Bertz CT molecular complexity index is 391. The van der Waals surface area contributed by atoms with Crippen LogP contribution in [0.2, 0.25) is 0 Å². The fraction of sp³-hybridized carbons (Fsp3) is 0.438. The molecule has 0 bridgehead atoms. The van der Waals surface area contributed by atoms with E-state index in [-0.39, 0.29) is 0 Å². The van der Waals surface area contributed by atoms with Gasteiger partial charge in [0.15, 0.2) is 0 Å². The molecule has 0 saturated heterocycles. The summed E-state index contributed by atoms with van der Waals surface area (Å²) in [6, 6.07) is 4.42. The Labute approximate surface area is 117 Å². The smallest absolute Gasteiger partial charge is 0.133 e. The zero-order chi connectivity index (χ0) is 14.1. The minimum atomic E-state index is 0.292. The van der Waals surface area contributed by atoms with E-state index in [9.17, 15) is 0 Å². The van der Waals surface area contributed by atoms with Gasteiger partial charge in [0.25, 0.3) is 0 Å². The molecule has 104 valence electrons. The van der Waals surface area contributed by atoms with Gasteiger partial charge in [0.1, 0.15) is 5.82 Å². The molecule has 1 rings (SSSR count). The van der Waals surface area contributed by atoms with Crippen LogP contribution in [0.15, 0.2) is 43.6 Å². The van der Waals surface area contributed by atoms with Crippen LogP contribution in [-0.2, 0) is 0 Å². The van der Waals surface area contributed by atoms with Crippen LogP contribution in [0.5, 0.6) is 0 Å². The van der Waals surface area contributed by atoms with E-state index in [0.29, 0.717) is 6.04 Å². The van der Waals surface area contributed by atoms with E-state index >= 15 is 0 Å². The van der Waals surface area contributed by atoms with Crippen LogP contribution in [0.3, 0.4) is 0 Å². The number of pyridine rings is 1. The highest BCUT2D eigenvalue weighted by Crippen LogP contribution is 2.23. The zero-order valence-electron chi connectivity index (χ0n) is 12.1. The van der Waals surface area contributed by atoms with E-state index in [1.807, 2.05) is 24.4 Å². The number of rotatable bonds is 9. The lowest BCUT2D eigenvalue weighted by molar-refractivity contribution is 0.568. The topological polar surface area (TPSA) is 28.2 Å². The van der Waals surface area contributed by atoms with E-state index in [2.05, 4.69) is 48.3 Å². The Kier molecular flexibility index (Phi) is 6.90. The highest BCUT2D eigenvalue weighted by atomic mass is 15.2. The number of aromatic nitrogens is 1. The third kappa shape index (κ3) is 4.52. The second-order valence-electron chi connectivity index (χ2n) is 4.57. The van der Waals surface area contributed by atoms with Crippen molar-refractivity contribution >= 4 is 5.82 Å². The van der Waals surface area contributed by atoms with Crippen molar-refractivity contribution in [3.63, 3.8) is 0 Å². The monoisotopic (exact) mass is 259 g/mol. The van der Waals surface area contributed by atoms with E-state index in [1.54, 1.807) is 0 Å². The number of nitrogens with one attached hydrogen (secondary N) is 1. The predicted octanol–water partition coefficient (Wildman–Crippen LogP) is 3.32. The molecule has 0 amide bonds. The van der Waals surface area contributed by atoms with Crippen molar-refractivity contribution in [3.05, 3.63) is 49.2 Å². The molecular formula is C16H25N3. The molecule has 0 saturated carbocycles. The molecule has 0 aromatic carbocycles. The molecule has 0 aliphatic carbocycles. The minimum absolute atomic E-state index is 0.292. The van der Waals surface area contributed by atoms with Gasteiger partial charge in [0.05, 0.1) is 0 Å². The second-order valence-corrected chi connectivity index (χ2v) is 4.57. The Balaban J connectivity index is 2.97. The van der Waals surface area contributed by atoms with Gasteiger partial charge in [-0.25, -0.2) is 4.98 Å². The van der Waals surface area contributed by atoms with Crippen molar-refractivity contribution < 1.29 is 0 Å². The lowest BCUT2D eigenvalue weighted by Crippen LogP contribution is -2.28. The van der Waals surface area contributed by atoms with Gasteiger partial charge < -0.3 is 10.2 Å². The molecule has 3 heteroatoms. The Hall–Kier alpha value is -1.61. The lowest BCUT2D eigenvalue weighted by Gasteiger charge is -2.25. The SMILES string of the molecule is C=CCN(CC=C)c1ncccc1C(C)NCCC. The first kappa shape index (κ1) is 15.4. The molecule has 1 unspecified atom stereocenters. The van der Waals surface area contributed by atoms with Gasteiger partial charge in [-0.1, -0.05) is 25.1 Å². The first-order valence-corrected chi connectivity index (χ1v) is 6.89. The first-order valence-electron chi connectivity index (χ1n) is 6.89. The lowest BCUT2D eigenvalue weighted by atomic mass is 10.1. The van der Waals surface area contributed by atoms with Crippen LogP contribution < -0.4 is 10.2 Å². The van der Waals surface area contributed by atoms with Crippen LogP contribution in [-0.4, -0.2) is 24.6 Å². The van der Waals surface area contributed by atoms with E-state index in [0.717, 1.165) is 31.9 Å². The summed E-state index contributed by atoms with van der Waals surface area (Å²) in [5, 5.41) is 3.51. The maximum absolute atomic E-state index is 4.54. The normalized spacial score (nSPS) is 11.9.